The normalized spacial score (nSPS) is 17.4. The summed E-state index contributed by atoms with van der Waals surface area (Å²) in [6, 6.07) is 4.86. The minimum atomic E-state index is -0.559. The van der Waals surface area contributed by atoms with Crippen molar-refractivity contribution < 1.29 is 19.1 Å². The number of rotatable bonds is 4. The Morgan fingerprint density at radius 1 is 1.17 bits per heavy atom. The average molecular weight is 522 g/mol. The smallest absolute Gasteiger partial charge is 0.410 e. The van der Waals surface area contributed by atoms with Crippen LogP contribution in [0.25, 0.3) is 0 Å². The van der Waals surface area contributed by atoms with E-state index in [4.69, 9.17) is 21.1 Å². The number of benzene rings is 1. The number of nitrogens with zero attached hydrogens (tertiary/aromatic N) is 3. The second-order valence-corrected chi connectivity index (χ2v) is 12.3. The van der Waals surface area contributed by atoms with Gasteiger partial charge in [0.15, 0.2) is 4.80 Å². The van der Waals surface area contributed by atoms with E-state index in [0.29, 0.717) is 34.2 Å². The molecule has 0 N–H and O–H groups in total. The van der Waals surface area contributed by atoms with E-state index < -0.39 is 11.5 Å². The number of piperidine rings is 1. The van der Waals surface area contributed by atoms with Gasteiger partial charge in [-0.2, -0.15) is 4.99 Å². The fourth-order valence-corrected chi connectivity index (χ4v) is 5.15. The first kappa shape index (κ1) is 27.3. The lowest BCUT2D eigenvalue weighted by molar-refractivity contribution is 0.00768. The number of halogens is 1. The van der Waals surface area contributed by atoms with Gasteiger partial charge in [0.1, 0.15) is 11.4 Å². The van der Waals surface area contributed by atoms with E-state index in [0.717, 1.165) is 24.1 Å². The zero-order valence-corrected chi connectivity index (χ0v) is 23.3. The number of carbonyl (C=O) groups is 2. The summed E-state index contributed by atoms with van der Waals surface area (Å²) >= 11 is 7.62. The lowest BCUT2D eigenvalue weighted by Gasteiger charge is -2.37. The predicted molar refractivity (Wildman–Crippen MR) is 139 cm³/mol. The van der Waals surface area contributed by atoms with Gasteiger partial charge in [-0.15, -0.1) is 11.3 Å². The lowest BCUT2D eigenvalue weighted by Crippen LogP contribution is -2.48. The molecule has 2 amide bonds. The number of aromatic nitrogens is 1. The van der Waals surface area contributed by atoms with Crippen molar-refractivity contribution in [3.8, 4) is 5.75 Å². The number of methoxy groups -OCH3 is 1. The van der Waals surface area contributed by atoms with E-state index >= 15 is 0 Å². The molecule has 35 heavy (non-hydrogen) atoms. The van der Waals surface area contributed by atoms with Crippen LogP contribution in [0.2, 0.25) is 5.02 Å². The summed E-state index contributed by atoms with van der Waals surface area (Å²) in [5.41, 5.74) is -0.365. The molecular weight excluding hydrogens is 486 g/mol. The molecular formula is C26H36ClN3O4S. The molecule has 0 saturated carbocycles. The Bertz CT molecular complexity index is 1140. The number of hydrogen-bond donors (Lipinski definition) is 0. The summed E-state index contributed by atoms with van der Waals surface area (Å²) in [6.45, 7) is 13.2. The van der Waals surface area contributed by atoms with Gasteiger partial charge >= 0.3 is 6.09 Å². The van der Waals surface area contributed by atoms with Crippen LogP contribution >= 0.6 is 22.9 Å². The number of thiazole rings is 1. The molecule has 1 fully saturated rings. The maximum absolute atomic E-state index is 13.2. The van der Waals surface area contributed by atoms with Gasteiger partial charge in [0.2, 0.25) is 0 Å². The molecule has 1 aliphatic rings. The molecule has 3 rings (SSSR count). The molecule has 0 spiro atoms. The fourth-order valence-electron chi connectivity index (χ4n) is 3.92. The highest BCUT2D eigenvalue weighted by Crippen LogP contribution is 2.27. The van der Waals surface area contributed by atoms with Crippen LogP contribution in [-0.4, -0.2) is 46.8 Å². The minimum Gasteiger partial charge on any atom is -0.496 e. The third-order valence-corrected chi connectivity index (χ3v) is 7.39. The molecule has 9 heteroatoms. The van der Waals surface area contributed by atoms with E-state index in [1.807, 2.05) is 36.4 Å². The van der Waals surface area contributed by atoms with E-state index in [1.54, 1.807) is 18.2 Å². The summed E-state index contributed by atoms with van der Waals surface area (Å²) in [5, 5.41) is 0.439. The third-order valence-electron chi connectivity index (χ3n) is 5.71. The highest BCUT2D eigenvalue weighted by Gasteiger charge is 2.31. The number of carbonyl (C=O) groups excluding carboxylic acids is 2. The molecule has 2 heterocycles. The fraction of sp³-hybridized carbons (Fsp3) is 0.577. The summed E-state index contributed by atoms with van der Waals surface area (Å²) < 4.78 is 13.0. The van der Waals surface area contributed by atoms with Crippen molar-refractivity contribution in [1.82, 2.24) is 9.47 Å². The van der Waals surface area contributed by atoms with E-state index in [-0.39, 0.29) is 17.6 Å². The number of hydrogen-bond acceptors (Lipinski definition) is 5. The molecule has 1 aromatic carbocycles. The Balaban J connectivity index is 1.99. The van der Waals surface area contributed by atoms with Gasteiger partial charge in [-0.05, 0) is 63.6 Å². The van der Waals surface area contributed by atoms with Crippen LogP contribution in [-0.2, 0) is 16.7 Å². The summed E-state index contributed by atoms with van der Waals surface area (Å²) in [5.74, 6) is -0.00117. The molecule has 1 aromatic heterocycles. The first-order chi connectivity index (χ1) is 16.3. The zero-order valence-electron chi connectivity index (χ0n) is 21.7. The average Bonchev–Trinajstić information content (AvgIpc) is 3.15. The first-order valence-electron chi connectivity index (χ1n) is 11.9. The first-order valence-corrected chi connectivity index (χ1v) is 13.1. The Kier molecular flexibility index (Phi) is 8.37. The number of ether oxygens (including phenoxy) is 2. The van der Waals surface area contributed by atoms with Gasteiger partial charge in [0.05, 0.1) is 18.7 Å². The molecule has 1 atom stereocenters. The van der Waals surface area contributed by atoms with E-state index in [9.17, 15) is 9.59 Å². The predicted octanol–water partition coefficient (Wildman–Crippen LogP) is 6.04. The molecule has 0 radical (unpaired) electrons. The van der Waals surface area contributed by atoms with Crippen LogP contribution in [0.15, 0.2) is 29.4 Å². The largest absolute Gasteiger partial charge is 0.496 e. The Hall–Kier alpha value is -2.32. The van der Waals surface area contributed by atoms with E-state index in [2.05, 4.69) is 25.8 Å². The maximum atomic E-state index is 13.2. The maximum Gasteiger partial charge on any atom is 0.410 e. The van der Waals surface area contributed by atoms with Gasteiger partial charge in [0.25, 0.3) is 5.91 Å². The number of likely N-dealkylation sites (tertiary alicyclic amines) is 1. The zero-order chi connectivity index (χ0) is 26.0. The molecule has 0 aliphatic carbocycles. The molecule has 2 aromatic rings. The molecule has 192 valence electrons. The Morgan fingerprint density at radius 3 is 2.51 bits per heavy atom. The van der Waals surface area contributed by atoms with Crippen molar-refractivity contribution >= 4 is 34.9 Å². The van der Waals surface area contributed by atoms with E-state index in [1.165, 1.54) is 18.4 Å². The Labute approximate surface area is 216 Å². The second-order valence-electron chi connectivity index (χ2n) is 10.9. The standard InChI is InChI=1S/C26H36ClN3O4S/c1-25(2,3)21-16-29(15-18-10-8-9-13-30(18)24(32)34-26(4,5)6)23(35-21)28-22(31)19-14-17(27)11-12-20(19)33-7/h11-12,14,16,18H,8-10,13,15H2,1-7H3/b28-23-/t18-/m1/s1. The Morgan fingerprint density at radius 2 is 1.89 bits per heavy atom. The van der Waals surface area contributed by atoms with Gasteiger partial charge in [-0.3, -0.25) is 4.79 Å². The summed E-state index contributed by atoms with van der Waals surface area (Å²) in [6.07, 6.45) is 4.59. The van der Waals surface area contributed by atoms with Gasteiger partial charge in [-0.1, -0.05) is 32.4 Å². The lowest BCUT2D eigenvalue weighted by atomic mass is 9.95. The van der Waals surface area contributed by atoms with Crippen molar-refractivity contribution in [2.24, 2.45) is 4.99 Å². The molecule has 7 nitrogen and oxygen atoms in total. The van der Waals surface area contributed by atoms with Crippen molar-refractivity contribution in [1.29, 1.82) is 0 Å². The van der Waals surface area contributed by atoms with Crippen LogP contribution in [0.4, 0.5) is 4.79 Å². The van der Waals surface area contributed by atoms with Crippen LogP contribution < -0.4 is 9.54 Å². The van der Waals surface area contributed by atoms with Crippen molar-refractivity contribution in [3.63, 3.8) is 0 Å². The van der Waals surface area contributed by atoms with Crippen LogP contribution in [0, 0.1) is 0 Å². The molecule has 1 aliphatic heterocycles. The van der Waals surface area contributed by atoms with Crippen molar-refractivity contribution in [2.75, 3.05) is 13.7 Å². The molecule has 0 unspecified atom stereocenters. The SMILES string of the molecule is COc1ccc(Cl)cc1C(=O)/N=c1\sc(C(C)(C)C)cn1C[C@H]1CCCCN1C(=O)OC(C)(C)C. The molecule has 0 bridgehead atoms. The van der Waals surface area contributed by atoms with Gasteiger partial charge < -0.3 is 18.9 Å². The van der Waals surface area contributed by atoms with Crippen molar-refractivity contribution in [2.45, 2.75) is 84.4 Å². The monoisotopic (exact) mass is 521 g/mol. The topological polar surface area (TPSA) is 73.1 Å². The van der Waals surface area contributed by atoms with Crippen LogP contribution in [0.5, 0.6) is 5.75 Å². The third kappa shape index (κ3) is 7.10. The van der Waals surface area contributed by atoms with Gasteiger partial charge in [0, 0.05) is 29.2 Å². The second kappa shape index (κ2) is 10.7. The van der Waals surface area contributed by atoms with Crippen molar-refractivity contribution in [3.05, 3.63) is 44.7 Å². The number of amides is 2. The highest BCUT2D eigenvalue weighted by molar-refractivity contribution is 7.09. The summed E-state index contributed by atoms with van der Waals surface area (Å²) in [4.78, 5) is 34.1. The van der Waals surface area contributed by atoms with Crippen LogP contribution in [0.3, 0.4) is 0 Å². The van der Waals surface area contributed by atoms with Gasteiger partial charge in [-0.25, -0.2) is 4.79 Å². The van der Waals surface area contributed by atoms with Crippen LogP contribution in [0.1, 0.15) is 76.0 Å². The minimum absolute atomic E-state index is 0.0456. The molecule has 1 saturated heterocycles. The summed E-state index contributed by atoms with van der Waals surface area (Å²) in [7, 11) is 1.51. The highest BCUT2D eigenvalue weighted by atomic mass is 35.5. The quantitative estimate of drug-likeness (QED) is 0.491.